The summed E-state index contributed by atoms with van der Waals surface area (Å²) >= 11 is 0. The third kappa shape index (κ3) is 3.09. The van der Waals surface area contributed by atoms with Gasteiger partial charge < -0.3 is 14.8 Å². The van der Waals surface area contributed by atoms with Gasteiger partial charge in [-0.1, -0.05) is 0 Å². The Labute approximate surface area is 179 Å². The molecule has 158 valence electrons. The molecule has 1 amide bonds. The van der Waals surface area contributed by atoms with Crippen LogP contribution in [0.4, 0.5) is 0 Å². The number of hydrogen-bond acceptors (Lipinski definition) is 6. The molecule has 1 spiro atoms. The minimum Gasteiger partial charge on any atom is -0.490 e. The largest absolute Gasteiger partial charge is 0.490 e. The van der Waals surface area contributed by atoms with Gasteiger partial charge in [0.25, 0.3) is 5.91 Å². The lowest BCUT2D eigenvalue weighted by molar-refractivity contribution is 0.0885. The quantitative estimate of drug-likeness (QED) is 0.641. The van der Waals surface area contributed by atoms with Gasteiger partial charge in [-0.15, -0.1) is 0 Å². The van der Waals surface area contributed by atoms with Crippen molar-refractivity contribution < 1.29 is 14.3 Å². The second-order valence-corrected chi connectivity index (χ2v) is 8.55. The summed E-state index contributed by atoms with van der Waals surface area (Å²) in [5.41, 5.74) is 6.52. The van der Waals surface area contributed by atoms with Gasteiger partial charge in [0, 0.05) is 36.2 Å². The SMILES string of the molecule is COCCOc1cncc(-c2cc3c(cn2)CCc2c-3nn3c2C(=O)NC2(CC2)C3)c1. The number of aryl methyl sites for hydroxylation is 1. The van der Waals surface area contributed by atoms with Crippen LogP contribution in [0.5, 0.6) is 5.75 Å². The zero-order valence-corrected chi connectivity index (χ0v) is 17.4. The number of hydrogen-bond donors (Lipinski definition) is 1. The first kappa shape index (κ1) is 18.5. The lowest BCUT2D eigenvalue weighted by Gasteiger charge is -2.24. The van der Waals surface area contributed by atoms with Gasteiger partial charge >= 0.3 is 0 Å². The van der Waals surface area contributed by atoms with Gasteiger partial charge in [0.1, 0.15) is 18.1 Å². The molecule has 3 aromatic heterocycles. The normalized spacial score (nSPS) is 17.5. The molecule has 1 saturated carbocycles. The van der Waals surface area contributed by atoms with E-state index in [-0.39, 0.29) is 11.4 Å². The zero-order chi connectivity index (χ0) is 21.0. The van der Waals surface area contributed by atoms with Crippen LogP contribution in [0.3, 0.4) is 0 Å². The smallest absolute Gasteiger partial charge is 0.270 e. The highest BCUT2D eigenvalue weighted by Crippen LogP contribution is 2.43. The van der Waals surface area contributed by atoms with Crippen molar-refractivity contribution in [2.24, 2.45) is 0 Å². The first-order valence-corrected chi connectivity index (χ1v) is 10.6. The fraction of sp³-hybridized carbons (Fsp3) is 0.391. The maximum Gasteiger partial charge on any atom is 0.270 e. The van der Waals surface area contributed by atoms with Gasteiger partial charge in [-0.25, -0.2) is 0 Å². The fourth-order valence-corrected chi connectivity index (χ4v) is 4.58. The maximum absolute atomic E-state index is 12.8. The molecule has 0 radical (unpaired) electrons. The molecule has 0 unspecified atom stereocenters. The number of carbonyl (C=O) groups excluding carboxylic acids is 1. The van der Waals surface area contributed by atoms with Gasteiger partial charge in [-0.05, 0) is 43.4 Å². The Hall–Kier alpha value is -3.26. The molecule has 8 nitrogen and oxygen atoms in total. The minimum atomic E-state index is -0.0696. The monoisotopic (exact) mass is 417 g/mol. The molecule has 0 aromatic carbocycles. The molecule has 3 aromatic rings. The Morgan fingerprint density at radius 2 is 2.06 bits per heavy atom. The van der Waals surface area contributed by atoms with Crippen molar-refractivity contribution in [3.63, 3.8) is 0 Å². The summed E-state index contributed by atoms with van der Waals surface area (Å²) < 4.78 is 12.7. The van der Waals surface area contributed by atoms with Crippen LogP contribution in [0, 0.1) is 0 Å². The van der Waals surface area contributed by atoms with Crippen molar-refractivity contribution in [1.82, 2.24) is 25.1 Å². The molecule has 6 rings (SSSR count). The van der Waals surface area contributed by atoms with E-state index in [0.29, 0.717) is 19.0 Å². The molecule has 1 fully saturated rings. The van der Waals surface area contributed by atoms with Gasteiger partial charge in [0.05, 0.1) is 36.3 Å². The first-order chi connectivity index (χ1) is 15.2. The van der Waals surface area contributed by atoms with Gasteiger partial charge in [-0.3, -0.25) is 19.4 Å². The van der Waals surface area contributed by atoms with Crippen molar-refractivity contribution in [3.05, 3.63) is 47.5 Å². The first-order valence-electron chi connectivity index (χ1n) is 10.6. The van der Waals surface area contributed by atoms with Crippen LogP contribution in [0.15, 0.2) is 30.7 Å². The Kier molecular flexibility index (Phi) is 4.11. The summed E-state index contributed by atoms with van der Waals surface area (Å²) in [6.45, 7) is 1.75. The second-order valence-electron chi connectivity index (χ2n) is 8.55. The summed E-state index contributed by atoms with van der Waals surface area (Å²) in [6, 6.07) is 4.00. The molecule has 0 bridgehead atoms. The number of methoxy groups -OCH3 is 1. The van der Waals surface area contributed by atoms with E-state index in [1.54, 1.807) is 19.5 Å². The highest BCUT2D eigenvalue weighted by molar-refractivity contribution is 5.98. The van der Waals surface area contributed by atoms with Crippen molar-refractivity contribution in [1.29, 1.82) is 0 Å². The third-order valence-corrected chi connectivity index (χ3v) is 6.40. The van der Waals surface area contributed by atoms with Crippen LogP contribution in [0.2, 0.25) is 0 Å². The van der Waals surface area contributed by atoms with E-state index in [2.05, 4.69) is 21.4 Å². The zero-order valence-electron chi connectivity index (χ0n) is 17.4. The maximum atomic E-state index is 12.8. The molecule has 4 heterocycles. The number of carbonyl (C=O) groups is 1. The number of fused-ring (bicyclic) bond motifs is 5. The molecule has 0 atom stereocenters. The number of nitrogens with zero attached hydrogens (tertiary/aromatic N) is 4. The van der Waals surface area contributed by atoms with Gasteiger partial charge in [-0.2, -0.15) is 5.10 Å². The number of rotatable bonds is 5. The van der Waals surface area contributed by atoms with Crippen LogP contribution in [0.25, 0.3) is 22.5 Å². The summed E-state index contributed by atoms with van der Waals surface area (Å²) in [6.07, 6.45) is 9.11. The Morgan fingerprint density at radius 3 is 2.90 bits per heavy atom. The van der Waals surface area contributed by atoms with E-state index in [0.717, 1.165) is 71.6 Å². The molecular formula is C23H23N5O3. The molecule has 0 saturated heterocycles. The Bertz CT molecular complexity index is 1200. The molecule has 31 heavy (non-hydrogen) atoms. The lowest BCUT2D eigenvalue weighted by atomic mass is 9.89. The van der Waals surface area contributed by atoms with Crippen LogP contribution >= 0.6 is 0 Å². The molecule has 1 aliphatic heterocycles. The van der Waals surface area contributed by atoms with E-state index in [1.807, 2.05) is 16.9 Å². The Morgan fingerprint density at radius 1 is 1.16 bits per heavy atom. The molecule has 2 aliphatic carbocycles. The van der Waals surface area contributed by atoms with Crippen LogP contribution in [0.1, 0.15) is 34.5 Å². The van der Waals surface area contributed by atoms with Gasteiger partial charge in [0.15, 0.2) is 0 Å². The summed E-state index contributed by atoms with van der Waals surface area (Å²) in [4.78, 5) is 21.8. The standard InChI is InChI=1S/C23H23N5O3/c1-30-6-7-31-16-8-15(10-24-12-16)19-9-18-14(11-25-19)2-3-17-20(18)27-28-13-23(4-5-23)26-22(29)21(17)28/h8-12H,2-7,13H2,1H3,(H,26,29). The van der Waals surface area contributed by atoms with Gasteiger partial charge in [0.2, 0.25) is 0 Å². The van der Waals surface area contributed by atoms with E-state index >= 15 is 0 Å². The predicted molar refractivity (Wildman–Crippen MR) is 113 cm³/mol. The molecule has 8 heteroatoms. The fourth-order valence-electron chi connectivity index (χ4n) is 4.58. The van der Waals surface area contributed by atoms with Crippen molar-refractivity contribution >= 4 is 5.91 Å². The number of aromatic nitrogens is 4. The van der Waals surface area contributed by atoms with E-state index in [1.165, 1.54) is 0 Å². The predicted octanol–water partition coefficient (Wildman–Crippen LogP) is 2.41. The van der Waals surface area contributed by atoms with Crippen LogP contribution in [-0.2, 0) is 24.1 Å². The summed E-state index contributed by atoms with van der Waals surface area (Å²) in [5, 5.41) is 8.10. The average molecular weight is 417 g/mol. The molecule has 1 N–H and O–H groups in total. The summed E-state index contributed by atoms with van der Waals surface area (Å²) in [5.74, 6) is 0.693. The van der Waals surface area contributed by atoms with E-state index in [4.69, 9.17) is 14.6 Å². The lowest BCUT2D eigenvalue weighted by Crippen LogP contribution is -2.46. The topological polar surface area (TPSA) is 91.2 Å². The highest BCUT2D eigenvalue weighted by Gasteiger charge is 2.49. The van der Waals surface area contributed by atoms with E-state index in [9.17, 15) is 4.79 Å². The van der Waals surface area contributed by atoms with E-state index < -0.39 is 0 Å². The van der Waals surface area contributed by atoms with Crippen LogP contribution < -0.4 is 10.1 Å². The molecule has 3 aliphatic rings. The van der Waals surface area contributed by atoms with Crippen molar-refractivity contribution in [2.75, 3.05) is 20.3 Å². The number of ether oxygens (including phenoxy) is 2. The van der Waals surface area contributed by atoms with Crippen molar-refractivity contribution in [3.8, 4) is 28.3 Å². The third-order valence-electron chi connectivity index (χ3n) is 6.40. The number of nitrogens with one attached hydrogen (secondary N) is 1. The minimum absolute atomic E-state index is 0.0142. The average Bonchev–Trinajstić information content (AvgIpc) is 3.40. The summed E-state index contributed by atoms with van der Waals surface area (Å²) in [7, 11) is 1.64. The number of amides is 1. The number of pyridine rings is 2. The molecular weight excluding hydrogens is 394 g/mol. The van der Waals surface area contributed by atoms with Crippen LogP contribution in [-0.4, -0.2) is 51.5 Å². The highest BCUT2D eigenvalue weighted by atomic mass is 16.5. The second kappa shape index (κ2) is 6.88. The van der Waals surface area contributed by atoms with Crippen molar-refractivity contribution in [2.45, 2.75) is 37.8 Å². The Balaban J connectivity index is 1.37.